The SMILES string of the molecule is NS(=O)(=O)C1CCN(C(=O)NC[C@H]2C[C@@H]2c2ccccc2)C1. The fraction of sp³-hybridized carbons (Fsp3) is 0.533. The average molecular weight is 323 g/mol. The van der Waals surface area contributed by atoms with Gasteiger partial charge in [0.05, 0.1) is 5.25 Å². The molecule has 1 heterocycles. The lowest BCUT2D eigenvalue weighted by Gasteiger charge is -2.17. The van der Waals surface area contributed by atoms with Crippen LogP contribution in [0.3, 0.4) is 0 Å². The van der Waals surface area contributed by atoms with E-state index in [1.54, 1.807) is 0 Å². The topological polar surface area (TPSA) is 92.5 Å². The molecule has 0 aromatic heterocycles. The number of nitrogens with zero attached hydrogens (tertiary/aromatic N) is 1. The molecule has 1 saturated heterocycles. The zero-order valence-corrected chi connectivity index (χ0v) is 13.1. The quantitative estimate of drug-likeness (QED) is 0.861. The molecule has 2 amide bonds. The van der Waals surface area contributed by atoms with Gasteiger partial charge in [0.15, 0.2) is 0 Å². The van der Waals surface area contributed by atoms with Gasteiger partial charge < -0.3 is 10.2 Å². The molecule has 1 unspecified atom stereocenters. The lowest BCUT2D eigenvalue weighted by Crippen LogP contribution is -2.41. The summed E-state index contributed by atoms with van der Waals surface area (Å²) >= 11 is 0. The van der Waals surface area contributed by atoms with Crippen molar-refractivity contribution in [3.8, 4) is 0 Å². The first-order chi connectivity index (χ1) is 10.4. The summed E-state index contributed by atoms with van der Waals surface area (Å²) in [6.45, 7) is 1.27. The summed E-state index contributed by atoms with van der Waals surface area (Å²) in [5.41, 5.74) is 1.32. The molecule has 1 aliphatic heterocycles. The monoisotopic (exact) mass is 323 g/mol. The van der Waals surface area contributed by atoms with Gasteiger partial charge >= 0.3 is 6.03 Å². The number of nitrogens with one attached hydrogen (secondary N) is 1. The van der Waals surface area contributed by atoms with Crippen molar-refractivity contribution in [1.29, 1.82) is 0 Å². The lowest BCUT2D eigenvalue weighted by molar-refractivity contribution is 0.208. The van der Waals surface area contributed by atoms with Crippen molar-refractivity contribution in [2.24, 2.45) is 11.1 Å². The van der Waals surface area contributed by atoms with E-state index in [9.17, 15) is 13.2 Å². The largest absolute Gasteiger partial charge is 0.338 e. The van der Waals surface area contributed by atoms with E-state index in [1.165, 1.54) is 10.5 Å². The van der Waals surface area contributed by atoms with Crippen molar-refractivity contribution < 1.29 is 13.2 Å². The Morgan fingerprint density at radius 2 is 2.05 bits per heavy atom. The number of hydrogen-bond acceptors (Lipinski definition) is 3. The first kappa shape index (κ1) is 15.3. The fourth-order valence-electron chi connectivity index (χ4n) is 3.09. The number of likely N-dealkylation sites (tertiary alicyclic amines) is 1. The second kappa shape index (κ2) is 5.89. The summed E-state index contributed by atoms with van der Waals surface area (Å²) in [4.78, 5) is 13.6. The van der Waals surface area contributed by atoms with Crippen molar-refractivity contribution >= 4 is 16.1 Å². The summed E-state index contributed by atoms with van der Waals surface area (Å²) in [5, 5.41) is 7.41. The Kier molecular flexibility index (Phi) is 4.10. The van der Waals surface area contributed by atoms with Crippen molar-refractivity contribution in [2.45, 2.75) is 24.0 Å². The predicted octanol–water partition coefficient (Wildman–Crippen LogP) is 0.863. The summed E-state index contributed by atoms with van der Waals surface area (Å²) in [5.74, 6) is 1.00. The van der Waals surface area contributed by atoms with Crippen molar-refractivity contribution in [3.05, 3.63) is 35.9 Å². The van der Waals surface area contributed by atoms with Crippen LogP contribution in [-0.2, 0) is 10.0 Å². The minimum atomic E-state index is -3.55. The van der Waals surface area contributed by atoms with Crippen molar-refractivity contribution in [1.82, 2.24) is 10.2 Å². The molecule has 1 aliphatic carbocycles. The van der Waals surface area contributed by atoms with Crippen LogP contribution in [0.4, 0.5) is 4.79 Å². The van der Waals surface area contributed by atoms with Crippen LogP contribution in [0.15, 0.2) is 30.3 Å². The molecule has 0 spiro atoms. The third-order valence-corrected chi connectivity index (χ3v) is 5.88. The van der Waals surface area contributed by atoms with Gasteiger partial charge in [0, 0.05) is 19.6 Å². The summed E-state index contributed by atoms with van der Waals surface area (Å²) in [6.07, 6.45) is 1.51. The van der Waals surface area contributed by atoms with Gasteiger partial charge in [0.1, 0.15) is 0 Å². The van der Waals surface area contributed by atoms with E-state index in [-0.39, 0.29) is 12.6 Å². The number of primary sulfonamides is 1. The van der Waals surface area contributed by atoms with Gasteiger partial charge in [0.25, 0.3) is 0 Å². The van der Waals surface area contributed by atoms with Crippen molar-refractivity contribution in [3.63, 3.8) is 0 Å². The Labute approximate surface area is 130 Å². The lowest BCUT2D eigenvalue weighted by atomic mass is 10.1. The number of amides is 2. The van der Waals surface area contributed by atoms with Crippen LogP contribution in [0.5, 0.6) is 0 Å². The number of carbonyl (C=O) groups excluding carboxylic acids is 1. The third kappa shape index (κ3) is 3.41. The van der Waals surface area contributed by atoms with Crippen LogP contribution in [0.2, 0.25) is 0 Å². The van der Waals surface area contributed by atoms with E-state index in [1.807, 2.05) is 18.2 Å². The molecule has 2 aliphatic rings. The molecule has 3 rings (SSSR count). The molecular weight excluding hydrogens is 302 g/mol. The smallest absolute Gasteiger partial charge is 0.317 e. The second-order valence-corrected chi connectivity index (χ2v) is 7.99. The number of benzene rings is 1. The minimum absolute atomic E-state index is 0.190. The number of hydrogen-bond donors (Lipinski definition) is 2. The molecule has 7 heteroatoms. The number of carbonyl (C=O) groups is 1. The van der Waals surface area contributed by atoms with Gasteiger partial charge in [-0.15, -0.1) is 0 Å². The van der Waals surface area contributed by atoms with Gasteiger partial charge in [0.2, 0.25) is 10.0 Å². The van der Waals surface area contributed by atoms with E-state index in [0.717, 1.165) is 6.42 Å². The van der Waals surface area contributed by atoms with Crippen molar-refractivity contribution in [2.75, 3.05) is 19.6 Å². The molecular formula is C15H21N3O3S. The Bertz CT molecular complexity index is 647. The molecule has 3 atom stereocenters. The first-order valence-corrected chi connectivity index (χ1v) is 9.15. The molecule has 1 saturated carbocycles. The standard InChI is InChI=1S/C15H21N3O3S/c16-22(20,21)13-6-7-18(10-13)15(19)17-9-12-8-14(12)11-4-2-1-3-5-11/h1-5,12-14H,6-10H2,(H,17,19)(H2,16,20,21)/t12-,13?,14-/m1/s1. The van der Waals surface area contributed by atoms with E-state index < -0.39 is 15.3 Å². The maximum Gasteiger partial charge on any atom is 0.317 e. The Hall–Kier alpha value is -1.60. The Balaban J connectivity index is 1.45. The van der Waals surface area contributed by atoms with Gasteiger partial charge in [-0.25, -0.2) is 18.4 Å². The normalized spacial score (nSPS) is 27.7. The van der Waals surface area contributed by atoms with E-state index >= 15 is 0 Å². The number of urea groups is 1. The van der Waals surface area contributed by atoms with Crippen LogP contribution >= 0.6 is 0 Å². The third-order valence-electron chi connectivity index (χ3n) is 4.56. The van der Waals surface area contributed by atoms with E-state index in [2.05, 4.69) is 17.4 Å². The van der Waals surface area contributed by atoms with Crippen LogP contribution in [0, 0.1) is 5.92 Å². The van der Waals surface area contributed by atoms with E-state index in [0.29, 0.717) is 31.3 Å². The van der Waals surface area contributed by atoms with Crippen LogP contribution in [0.25, 0.3) is 0 Å². The van der Waals surface area contributed by atoms with Crippen LogP contribution in [0.1, 0.15) is 24.3 Å². The molecule has 22 heavy (non-hydrogen) atoms. The fourth-order valence-corrected chi connectivity index (χ4v) is 3.91. The molecule has 1 aromatic carbocycles. The molecule has 1 aromatic rings. The van der Waals surface area contributed by atoms with E-state index in [4.69, 9.17) is 5.14 Å². The molecule has 2 fully saturated rings. The highest BCUT2D eigenvalue weighted by Crippen LogP contribution is 2.46. The highest BCUT2D eigenvalue weighted by molar-refractivity contribution is 7.89. The number of sulfonamides is 1. The summed E-state index contributed by atoms with van der Waals surface area (Å²) in [6, 6.07) is 10.1. The Morgan fingerprint density at radius 3 is 2.68 bits per heavy atom. The van der Waals surface area contributed by atoms with Gasteiger partial charge in [-0.3, -0.25) is 0 Å². The second-order valence-electron chi connectivity index (χ2n) is 6.14. The molecule has 0 radical (unpaired) electrons. The maximum absolute atomic E-state index is 12.1. The van der Waals surface area contributed by atoms with Gasteiger partial charge in [-0.05, 0) is 30.2 Å². The first-order valence-electron chi connectivity index (χ1n) is 7.54. The molecule has 0 bridgehead atoms. The van der Waals surface area contributed by atoms with Crippen LogP contribution < -0.4 is 10.5 Å². The van der Waals surface area contributed by atoms with Crippen LogP contribution in [-0.4, -0.2) is 44.2 Å². The molecule has 120 valence electrons. The number of nitrogens with two attached hydrogens (primary N) is 1. The minimum Gasteiger partial charge on any atom is -0.338 e. The predicted molar refractivity (Wildman–Crippen MR) is 83.8 cm³/mol. The highest BCUT2D eigenvalue weighted by Gasteiger charge is 2.39. The molecule has 6 nitrogen and oxygen atoms in total. The molecule has 3 N–H and O–H groups in total. The zero-order valence-electron chi connectivity index (χ0n) is 12.3. The Morgan fingerprint density at radius 1 is 1.32 bits per heavy atom. The average Bonchev–Trinajstić information content (AvgIpc) is 3.08. The maximum atomic E-state index is 12.1. The zero-order chi connectivity index (χ0) is 15.7. The van der Waals surface area contributed by atoms with Gasteiger partial charge in [-0.1, -0.05) is 30.3 Å². The highest BCUT2D eigenvalue weighted by atomic mass is 32.2. The van der Waals surface area contributed by atoms with Gasteiger partial charge in [-0.2, -0.15) is 0 Å². The summed E-state index contributed by atoms with van der Waals surface area (Å²) < 4.78 is 22.6. The number of rotatable bonds is 4. The summed E-state index contributed by atoms with van der Waals surface area (Å²) in [7, 11) is -3.55.